The fourth-order valence-corrected chi connectivity index (χ4v) is 9.10. The highest BCUT2D eigenvalue weighted by Gasteiger charge is 2.17. The molecule has 0 aliphatic carbocycles. The zero-order valence-electron chi connectivity index (χ0n) is 32.5. The van der Waals surface area contributed by atoms with E-state index >= 15 is 0 Å². The molecule has 11 aromatic rings. The highest BCUT2D eigenvalue weighted by atomic mass is 15.1. The van der Waals surface area contributed by atoms with Crippen molar-refractivity contribution in [3.05, 3.63) is 237 Å². The van der Waals surface area contributed by atoms with Crippen molar-refractivity contribution in [2.24, 2.45) is 0 Å². The minimum absolute atomic E-state index is 1.11. The predicted molar refractivity (Wildman–Crippen MR) is 253 cm³/mol. The quantitative estimate of drug-likeness (QED) is 0.157. The van der Waals surface area contributed by atoms with E-state index in [1.165, 1.54) is 87.6 Å². The number of benzene rings is 11. The first-order chi connectivity index (χ1) is 29.3. The van der Waals surface area contributed by atoms with Crippen LogP contribution in [0.15, 0.2) is 237 Å². The standard InChI is InChI=1S/C58H39N/c1-2-18-44(19-3-1)59(45-32-28-42(29-33-45)49-36-38-57(55-24-10-8-22-51(49)55)53-26-12-16-40-14-4-6-20-47(40)53)46-34-30-43(31-35-46)50-37-39-58(56-25-11-9-23-52(50)56)54-27-13-17-41-15-5-7-21-48(41)54/h1-39H. The van der Waals surface area contributed by atoms with E-state index in [1.54, 1.807) is 0 Å². The molecule has 0 aliphatic rings. The molecule has 11 aromatic carbocycles. The number of hydrogen-bond acceptors (Lipinski definition) is 1. The smallest absolute Gasteiger partial charge is 0.0462 e. The molecule has 0 saturated carbocycles. The van der Waals surface area contributed by atoms with E-state index in [1.807, 2.05) is 0 Å². The molecule has 0 fully saturated rings. The van der Waals surface area contributed by atoms with Gasteiger partial charge in [-0.1, -0.05) is 200 Å². The molecule has 0 aliphatic heterocycles. The first-order valence-corrected chi connectivity index (χ1v) is 20.3. The van der Waals surface area contributed by atoms with Gasteiger partial charge in [-0.25, -0.2) is 0 Å². The van der Waals surface area contributed by atoms with Crippen LogP contribution in [0.3, 0.4) is 0 Å². The van der Waals surface area contributed by atoms with E-state index in [2.05, 4.69) is 241 Å². The molecule has 0 spiro atoms. The van der Waals surface area contributed by atoms with Crippen molar-refractivity contribution in [2.75, 3.05) is 4.90 Å². The summed E-state index contributed by atoms with van der Waals surface area (Å²) in [5.41, 5.74) is 13.2. The Bertz CT molecular complexity index is 3090. The SMILES string of the molecule is c1ccc(N(c2ccc(-c3ccc(-c4cccc5ccccc45)c4ccccc34)cc2)c2ccc(-c3ccc(-c4cccc5ccccc45)c4ccccc34)cc2)cc1. The molecule has 0 heterocycles. The predicted octanol–water partition coefficient (Wildman–Crippen LogP) is 16.4. The monoisotopic (exact) mass is 749 g/mol. The maximum Gasteiger partial charge on any atom is 0.0462 e. The molecule has 11 rings (SSSR count). The van der Waals surface area contributed by atoms with Gasteiger partial charge in [0.2, 0.25) is 0 Å². The Hall–Kier alpha value is -7.74. The third-order valence-corrected chi connectivity index (χ3v) is 11.9. The lowest BCUT2D eigenvalue weighted by molar-refractivity contribution is 1.28. The summed E-state index contributed by atoms with van der Waals surface area (Å²) in [5.74, 6) is 0. The fourth-order valence-electron chi connectivity index (χ4n) is 9.10. The van der Waals surface area contributed by atoms with Gasteiger partial charge in [0, 0.05) is 17.1 Å². The van der Waals surface area contributed by atoms with E-state index in [4.69, 9.17) is 0 Å². The lowest BCUT2D eigenvalue weighted by Gasteiger charge is -2.26. The van der Waals surface area contributed by atoms with E-state index < -0.39 is 0 Å². The third kappa shape index (κ3) is 6.12. The molecule has 0 N–H and O–H groups in total. The molecular formula is C58H39N. The summed E-state index contributed by atoms with van der Waals surface area (Å²) in [6.45, 7) is 0. The number of nitrogens with zero attached hydrogens (tertiary/aromatic N) is 1. The molecule has 0 radical (unpaired) electrons. The van der Waals surface area contributed by atoms with E-state index in [-0.39, 0.29) is 0 Å². The van der Waals surface area contributed by atoms with Crippen LogP contribution in [0, 0.1) is 0 Å². The van der Waals surface area contributed by atoms with Crippen molar-refractivity contribution in [3.63, 3.8) is 0 Å². The normalized spacial score (nSPS) is 11.4. The number of rotatable bonds is 7. The van der Waals surface area contributed by atoms with Crippen molar-refractivity contribution in [2.45, 2.75) is 0 Å². The van der Waals surface area contributed by atoms with Gasteiger partial charge in [-0.2, -0.15) is 0 Å². The summed E-state index contributed by atoms with van der Waals surface area (Å²) in [7, 11) is 0. The first-order valence-electron chi connectivity index (χ1n) is 20.3. The summed E-state index contributed by atoms with van der Waals surface area (Å²) in [6.07, 6.45) is 0. The second-order valence-electron chi connectivity index (χ2n) is 15.2. The number of fused-ring (bicyclic) bond motifs is 4. The van der Waals surface area contributed by atoms with Gasteiger partial charge in [-0.15, -0.1) is 0 Å². The van der Waals surface area contributed by atoms with Gasteiger partial charge in [0.15, 0.2) is 0 Å². The van der Waals surface area contributed by atoms with Gasteiger partial charge in [0.1, 0.15) is 0 Å². The average Bonchev–Trinajstić information content (AvgIpc) is 3.31. The van der Waals surface area contributed by atoms with Crippen molar-refractivity contribution < 1.29 is 0 Å². The van der Waals surface area contributed by atoms with Crippen LogP contribution in [-0.4, -0.2) is 0 Å². The minimum atomic E-state index is 1.11. The molecule has 0 bridgehead atoms. The summed E-state index contributed by atoms with van der Waals surface area (Å²) in [4.78, 5) is 2.34. The van der Waals surface area contributed by atoms with Crippen molar-refractivity contribution in [1.82, 2.24) is 0 Å². The van der Waals surface area contributed by atoms with Crippen molar-refractivity contribution >= 4 is 60.2 Å². The summed E-state index contributed by atoms with van der Waals surface area (Å²) < 4.78 is 0. The Balaban J connectivity index is 0.954. The number of hydrogen-bond donors (Lipinski definition) is 0. The maximum absolute atomic E-state index is 2.34. The van der Waals surface area contributed by atoms with Crippen LogP contribution in [0.25, 0.3) is 87.6 Å². The topological polar surface area (TPSA) is 3.24 Å². The molecule has 0 saturated heterocycles. The number of para-hydroxylation sites is 1. The molecule has 0 amide bonds. The summed E-state index contributed by atoms with van der Waals surface area (Å²) in [5, 5.41) is 10.1. The highest BCUT2D eigenvalue weighted by molar-refractivity contribution is 6.11. The average molecular weight is 750 g/mol. The Labute approximate surface area is 344 Å². The Morgan fingerprint density at radius 2 is 0.492 bits per heavy atom. The van der Waals surface area contributed by atoms with Gasteiger partial charge < -0.3 is 4.90 Å². The molecule has 0 atom stereocenters. The Morgan fingerprint density at radius 1 is 0.186 bits per heavy atom. The van der Waals surface area contributed by atoms with Crippen molar-refractivity contribution in [3.8, 4) is 44.5 Å². The molecule has 0 unspecified atom stereocenters. The van der Waals surface area contributed by atoms with E-state index in [0.29, 0.717) is 0 Å². The van der Waals surface area contributed by atoms with Gasteiger partial charge in [0.25, 0.3) is 0 Å². The van der Waals surface area contributed by atoms with Crippen LogP contribution < -0.4 is 4.90 Å². The number of anilines is 3. The van der Waals surface area contributed by atoms with E-state index in [0.717, 1.165) is 17.1 Å². The van der Waals surface area contributed by atoms with Gasteiger partial charge in [-0.3, -0.25) is 0 Å². The molecule has 1 heteroatoms. The van der Waals surface area contributed by atoms with Crippen LogP contribution in [-0.2, 0) is 0 Å². The summed E-state index contributed by atoms with van der Waals surface area (Å²) >= 11 is 0. The zero-order chi connectivity index (χ0) is 39.1. The Kier molecular flexibility index (Phi) is 8.56. The van der Waals surface area contributed by atoms with Gasteiger partial charge in [0.05, 0.1) is 0 Å². The van der Waals surface area contributed by atoms with Crippen LogP contribution >= 0.6 is 0 Å². The Morgan fingerprint density at radius 3 is 0.932 bits per heavy atom. The first kappa shape index (κ1) is 34.5. The van der Waals surface area contributed by atoms with Gasteiger partial charge >= 0.3 is 0 Å². The molecular weight excluding hydrogens is 711 g/mol. The highest BCUT2D eigenvalue weighted by Crippen LogP contribution is 2.42. The summed E-state index contributed by atoms with van der Waals surface area (Å²) in [6, 6.07) is 86.1. The minimum Gasteiger partial charge on any atom is -0.311 e. The maximum atomic E-state index is 2.34. The van der Waals surface area contributed by atoms with E-state index in [9.17, 15) is 0 Å². The largest absolute Gasteiger partial charge is 0.311 e. The van der Waals surface area contributed by atoms with Crippen LogP contribution in [0.2, 0.25) is 0 Å². The molecule has 276 valence electrons. The van der Waals surface area contributed by atoms with Crippen LogP contribution in [0.1, 0.15) is 0 Å². The molecule has 0 aromatic heterocycles. The second-order valence-corrected chi connectivity index (χ2v) is 15.2. The molecule has 1 nitrogen and oxygen atoms in total. The third-order valence-electron chi connectivity index (χ3n) is 11.9. The molecule has 59 heavy (non-hydrogen) atoms. The zero-order valence-corrected chi connectivity index (χ0v) is 32.5. The lowest BCUT2D eigenvalue weighted by Crippen LogP contribution is -2.09. The van der Waals surface area contributed by atoms with Gasteiger partial charge in [-0.05, 0) is 124 Å². The lowest BCUT2D eigenvalue weighted by atomic mass is 9.90. The van der Waals surface area contributed by atoms with Crippen molar-refractivity contribution in [1.29, 1.82) is 0 Å². The second kappa shape index (κ2) is 14.6. The van der Waals surface area contributed by atoms with Crippen LogP contribution in [0.5, 0.6) is 0 Å². The fraction of sp³-hybridized carbons (Fsp3) is 0. The van der Waals surface area contributed by atoms with Crippen LogP contribution in [0.4, 0.5) is 17.1 Å².